The molecule has 0 atom stereocenters. The minimum absolute atomic E-state index is 0.0559. The molecule has 1 heterocycles. The van der Waals surface area contributed by atoms with E-state index in [-0.39, 0.29) is 5.91 Å². The summed E-state index contributed by atoms with van der Waals surface area (Å²) in [6.45, 7) is 4.33. The summed E-state index contributed by atoms with van der Waals surface area (Å²) in [7, 11) is 0. The zero-order chi connectivity index (χ0) is 14.7. The molecule has 0 unspecified atom stereocenters. The number of benzene rings is 1. The van der Waals surface area contributed by atoms with E-state index in [4.69, 9.17) is 11.6 Å². The van der Waals surface area contributed by atoms with E-state index in [2.05, 4.69) is 26.3 Å². The monoisotopic (exact) mass is 355 g/mol. The highest BCUT2D eigenvalue weighted by molar-refractivity contribution is 9.10. The van der Waals surface area contributed by atoms with Crippen LogP contribution in [0.3, 0.4) is 0 Å². The number of nitrogens with zero attached hydrogens (tertiary/aromatic N) is 2. The molecule has 0 aliphatic rings. The summed E-state index contributed by atoms with van der Waals surface area (Å²) in [6.07, 6.45) is 2.23. The smallest absolute Gasteiger partial charge is 0.226 e. The molecule has 106 valence electrons. The third-order valence-electron chi connectivity index (χ3n) is 3.00. The van der Waals surface area contributed by atoms with Gasteiger partial charge in [0, 0.05) is 29.9 Å². The van der Waals surface area contributed by atoms with Gasteiger partial charge in [0.15, 0.2) is 0 Å². The molecule has 2 aromatic rings. The second-order valence-electron chi connectivity index (χ2n) is 4.54. The standard InChI is InChI=1S/C14H15BrClN3O/c1-9-12(16)4-3-5-13(9)17-14(20)6-7-19-8-11(15)10(2)18-19/h3-5,8H,6-7H2,1-2H3,(H,17,20). The number of anilines is 1. The quantitative estimate of drug-likeness (QED) is 0.902. The molecule has 0 bridgehead atoms. The molecule has 20 heavy (non-hydrogen) atoms. The van der Waals surface area contributed by atoms with Gasteiger partial charge in [0.25, 0.3) is 0 Å². The van der Waals surface area contributed by atoms with E-state index < -0.39 is 0 Å². The van der Waals surface area contributed by atoms with Gasteiger partial charge >= 0.3 is 0 Å². The van der Waals surface area contributed by atoms with Gasteiger partial charge in [-0.2, -0.15) is 5.10 Å². The molecule has 4 nitrogen and oxygen atoms in total. The van der Waals surface area contributed by atoms with Gasteiger partial charge in [-0.1, -0.05) is 17.7 Å². The summed E-state index contributed by atoms with van der Waals surface area (Å²) in [4.78, 5) is 11.9. The first kappa shape index (κ1) is 15.1. The number of hydrogen-bond acceptors (Lipinski definition) is 2. The Morgan fingerprint density at radius 3 is 2.85 bits per heavy atom. The lowest BCUT2D eigenvalue weighted by Crippen LogP contribution is -2.15. The van der Waals surface area contributed by atoms with Crippen molar-refractivity contribution in [2.75, 3.05) is 5.32 Å². The molecule has 1 N–H and O–H groups in total. The van der Waals surface area contributed by atoms with E-state index in [9.17, 15) is 4.79 Å². The Bertz CT molecular complexity index is 620. The highest BCUT2D eigenvalue weighted by Gasteiger charge is 2.08. The third kappa shape index (κ3) is 3.61. The molecule has 0 radical (unpaired) electrons. The van der Waals surface area contributed by atoms with Gasteiger partial charge in [0.1, 0.15) is 0 Å². The predicted octanol–water partition coefficient (Wildman–Crippen LogP) is 3.94. The van der Waals surface area contributed by atoms with Crippen molar-refractivity contribution >= 4 is 39.1 Å². The Labute approximate surface area is 131 Å². The van der Waals surface area contributed by atoms with Crippen LogP contribution in [0, 0.1) is 13.8 Å². The zero-order valence-corrected chi connectivity index (χ0v) is 13.6. The molecule has 6 heteroatoms. The molecule has 1 amide bonds. The van der Waals surface area contributed by atoms with Crippen molar-refractivity contribution in [1.29, 1.82) is 0 Å². The summed E-state index contributed by atoms with van der Waals surface area (Å²) < 4.78 is 2.70. The van der Waals surface area contributed by atoms with Crippen molar-refractivity contribution in [3.05, 3.63) is 45.1 Å². The molecular weight excluding hydrogens is 342 g/mol. The number of amides is 1. The maximum absolute atomic E-state index is 11.9. The second kappa shape index (κ2) is 6.41. The number of hydrogen-bond donors (Lipinski definition) is 1. The lowest BCUT2D eigenvalue weighted by molar-refractivity contribution is -0.116. The van der Waals surface area contributed by atoms with E-state index in [1.54, 1.807) is 10.7 Å². The molecule has 1 aromatic carbocycles. The van der Waals surface area contributed by atoms with Gasteiger partial charge in [-0.3, -0.25) is 9.48 Å². The van der Waals surface area contributed by atoms with Crippen LogP contribution in [0.2, 0.25) is 5.02 Å². The number of carbonyl (C=O) groups excluding carboxylic acids is 1. The number of aryl methyl sites for hydroxylation is 2. The van der Waals surface area contributed by atoms with Crippen LogP contribution in [0.25, 0.3) is 0 Å². The second-order valence-corrected chi connectivity index (χ2v) is 5.80. The molecule has 2 rings (SSSR count). The molecule has 0 aliphatic carbocycles. The fourth-order valence-electron chi connectivity index (χ4n) is 1.78. The summed E-state index contributed by atoms with van der Waals surface area (Å²) >= 11 is 9.42. The Hall–Kier alpha value is -1.33. The maximum atomic E-state index is 11.9. The fourth-order valence-corrected chi connectivity index (χ4v) is 2.27. The van der Waals surface area contributed by atoms with Crippen LogP contribution in [0.5, 0.6) is 0 Å². The van der Waals surface area contributed by atoms with Crippen LogP contribution < -0.4 is 5.32 Å². The average Bonchev–Trinajstić information content (AvgIpc) is 2.72. The van der Waals surface area contributed by atoms with Gasteiger partial charge in [-0.15, -0.1) is 0 Å². The fraction of sp³-hybridized carbons (Fsp3) is 0.286. The zero-order valence-electron chi connectivity index (χ0n) is 11.3. The number of carbonyl (C=O) groups is 1. The first-order chi connectivity index (χ1) is 9.47. The van der Waals surface area contributed by atoms with Crippen LogP contribution in [-0.2, 0) is 11.3 Å². The number of aromatic nitrogens is 2. The van der Waals surface area contributed by atoms with E-state index in [0.29, 0.717) is 18.0 Å². The largest absolute Gasteiger partial charge is 0.326 e. The Kier molecular flexibility index (Phi) is 4.83. The molecule has 0 aliphatic heterocycles. The molecule has 1 aromatic heterocycles. The maximum Gasteiger partial charge on any atom is 0.226 e. The minimum atomic E-state index is -0.0559. The molecule has 0 fully saturated rings. The Balaban J connectivity index is 1.94. The van der Waals surface area contributed by atoms with Crippen molar-refractivity contribution in [2.45, 2.75) is 26.8 Å². The van der Waals surface area contributed by atoms with Crippen molar-refractivity contribution in [3.8, 4) is 0 Å². The third-order valence-corrected chi connectivity index (χ3v) is 4.18. The summed E-state index contributed by atoms with van der Waals surface area (Å²) in [5.74, 6) is -0.0559. The van der Waals surface area contributed by atoms with E-state index in [0.717, 1.165) is 21.4 Å². The van der Waals surface area contributed by atoms with Gasteiger partial charge in [0.2, 0.25) is 5.91 Å². The molecule has 0 saturated heterocycles. The first-order valence-electron chi connectivity index (χ1n) is 6.22. The van der Waals surface area contributed by atoms with Crippen LogP contribution >= 0.6 is 27.5 Å². The Morgan fingerprint density at radius 1 is 1.45 bits per heavy atom. The van der Waals surface area contributed by atoms with Gasteiger partial charge in [-0.25, -0.2) is 0 Å². The normalized spacial score (nSPS) is 10.6. The highest BCUT2D eigenvalue weighted by Crippen LogP contribution is 2.23. The number of halogens is 2. The summed E-state index contributed by atoms with van der Waals surface area (Å²) in [5, 5.41) is 7.80. The van der Waals surface area contributed by atoms with Crippen LogP contribution in [-0.4, -0.2) is 15.7 Å². The van der Waals surface area contributed by atoms with E-state index >= 15 is 0 Å². The topological polar surface area (TPSA) is 46.9 Å². The first-order valence-corrected chi connectivity index (χ1v) is 7.39. The van der Waals surface area contributed by atoms with Crippen LogP contribution in [0.4, 0.5) is 5.69 Å². The Morgan fingerprint density at radius 2 is 2.20 bits per heavy atom. The van der Waals surface area contributed by atoms with Crippen molar-refractivity contribution in [2.24, 2.45) is 0 Å². The van der Waals surface area contributed by atoms with Crippen molar-refractivity contribution in [3.63, 3.8) is 0 Å². The highest BCUT2D eigenvalue weighted by atomic mass is 79.9. The average molecular weight is 357 g/mol. The lowest BCUT2D eigenvalue weighted by atomic mass is 10.2. The number of rotatable bonds is 4. The summed E-state index contributed by atoms with van der Waals surface area (Å²) in [6, 6.07) is 5.46. The van der Waals surface area contributed by atoms with Gasteiger partial charge in [0.05, 0.1) is 10.2 Å². The number of nitrogens with one attached hydrogen (secondary N) is 1. The summed E-state index contributed by atoms with van der Waals surface area (Å²) in [5.41, 5.74) is 2.54. The molecular formula is C14H15BrClN3O. The molecule has 0 saturated carbocycles. The van der Waals surface area contributed by atoms with Crippen molar-refractivity contribution < 1.29 is 4.79 Å². The predicted molar refractivity (Wildman–Crippen MR) is 84.1 cm³/mol. The van der Waals surface area contributed by atoms with Crippen molar-refractivity contribution in [1.82, 2.24) is 9.78 Å². The van der Waals surface area contributed by atoms with Gasteiger partial charge in [-0.05, 0) is 47.5 Å². The van der Waals surface area contributed by atoms with E-state index in [1.807, 2.05) is 32.2 Å². The van der Waals surface area contributed by atoms with Crippen LogP contribution in [0.1, 0.15) is 17.7 Å². The molecule has 0 spiro atoms. The minimum Gasteiger partial charge on any atom is -0.326 e. The lowest BCUT2D eigenvalue weighted by Gasteiger charge is -2.09. The SMILES string of the molecule is Cc1nn(CCC(=O)Nc2cccc(Cl)c2C)cc1Br. The van der Waals surface area contributed by atoms with Gasteiger partial charge < -0.3 is 5.32 Å². The van der Waals surface area contributed by atoms with E-state index in [1.165, 1.54) is 0 Å². The van der Waals surface area contributed by atoms with Crippen LogP contribution in [0.15, 0.2) is 28.9 Å².